The van der Waals surface area contributed by atoms with Crippen molar-refractivity contribution in [2.75, 3.05) is 26.9 Å². The van der Waals surface area contributed by atoms with E-state index in [9.17, 15) is 9.59 Å². The molecule has 0 bridgehead atoms. The van der Waals surface area contributed by atoms with Crippen molar-refractivity contribution in [3.05, 3.63) is 35.9 Å². The summed E-state index contributed by atoms with van der Waals surface area (Å²) in [7, 11) is 1.76. The summed E-state index contributed by atoms with van der Waals surface area (Å²) in [4.78, 5) is 24.9. The van der Waals surface area contributed by atoms with Crippen LogP contribution in [0, 0.1) is 5.92 Å². The van der Waals surface area contributed by atoms with E-state index in [1.165, 1.54) is 0 Å². The molecule has 0 unspecified atom stereocenters. The molecule has 1 amide bonds. The lowest BCUT2D eigenvalue weighted by atomic mass is 10.1. The molecule has 0 atom stereocenters. The topological polar surface area (TPSA) is 55.8 Å². The number of benzene rings is 1. The number of hydrogen-bond donors (Lipinski definition) is 0. The average molecular weight is 351 g/mol. The molecule has 0 aliphatic carbocycles. The SMILES string of the molecule is CC.CC(C)CC(=O)OCCCOCC(=O)N(C)Cc1ccccc1. The first kappa shape index (κ1) is 23.1. The van der Waals surface area contributed by atoms with Gasteiger partial charge in [0.25, 0.3) is 0 Å². The summed E-state index contributed by atoms with van der Waals surface area (Å²) < 4.78 is 10.4. The van der Waals surface area contributed by atoms with Crippen molar-refractivity contribution < 1.29 is 19.1 Å². The van der Waals surface area contributed by atoms with E-state index < -0.39 is 0 Å². The van der Waals surface area contributed by atoms with Gasteiger partial charge < -0.3 is 14.4 Å². The predicted molar refractivity (Wildman–Crippen MR) is 100 cm³/mol. The zero-order valence-electron chi connectivity index (χ0n) is 16.3. The highest BCUT2D eigenvalue weighted by Gasteiger charge is 2.09. The first-order valence-corrected chi connectivity index (χ1v) is 9.00. The summed E-state index contributed by atoms with van der Waals surface area (Å²) in [5.74, 6) is 0.0563. The zero-order valence-corrected chi connectivity index (χ0v) is 16.3. The van der Waals surface area contributed by atoms with Gasteiger partial charge >= 0.3 is 5.97 Å². The Balaban J connectivity index is 0.00000277. The van der Waals surface area contributed by atoms with Crippen molar-refractivity contribution >= 4 is 11.9 Å². The molecule has 0 fully saturated rings. The minimum Gasteiger partial charge on any atom is -0.466 e. The fraction of sp³-hybridized carbons (Fsp3) is 0.600. The maximum absolute atomic E-state index is 11.9. The van der Waals surface area contributed by atoms with E-state index in [0.717, 1.165) is 5.56 Å². The summed E-state index contributed by atoms with van der Waals surface area (Å²) in [6, 6.07) is 9.81. The molecular formula is C20H33NO4. The van der Waals surface area contributed by atoms with E-state index in [1.54, 1.807) is 11.9 Å². The molecule has 142 valence electrons. The Kier molecular flexibility index (Phi) is 13.4. The Morgan fingerprint density at radius 1 is 1.08 bits per heavy atom. The van der Waals surface area contributed by atoms with Gasteiger partial charge in [-0.2, -0.15) is 0 Å². The first-order valence-electron chi connectivity index (χ1n) is 9.00. The van der Waals surface area contributed by atoms with Crippen molar-refractivity contribution in [3.8, 4) is 0 Å². The number of hydrogen-bond acceptors (Lipinski definition) is 4. The van der Waals surface area contributed by atoms with Crippen LogP contribution >= 0.6 is 0 Å². The van der Waals surface area contributed by atoms with E-state index in [4.69, 9.17) is 9.47 Å². The van der Waals surface area contributed by atoms with Gasteiger partial charge in [0.1, 0.15) is 6.61 Å². The predicted octanol–water partition coefficient (Wildman–Crippen LogP) is 3.67. The minimum absolute atomic E-state index is 0.0449. The second kappa shape index (κ2) is 14.5. The number of carbonyl (C=O) groups excluding carboxylic acids is 2. The van der Waals surface area contributed by atoms with Crippen molar-refractivity contribution in [1.29, 1.82) is 0 Å². The van der Waals surface area contributed by atoms with Gasteiger partial charge in [0.2, 0.25) is 5.91 Å². The number of carbonyl (C=O) groups is 2. The van der Waals surface area contributed by atoms with Gasteiger partial charge in [-0.3, -0.25) is 9.59 Å². The molecule has 0 heterocycles. The molecule has 0 spiro atoms. The Morgan fingerprint density at radius 2 is 1.72 bits per heavy atom. The van der Waals surface area contributed by atoms with Crippen LogP contribution in [-0.4, -0.2) is 43.6 Å². The van der Waals surface area contributed by atoms with Crippen LogP contribution in [0.3, 0.4) is 0 Å². The molecular weight excluding hydrogens is 318 g/mol. The summed E-state index contributed by atoms with van der Waals surface area (Å²) in [6.07, 6.45) is 1.03. The molecule has 0 aromatic heterocycles. The summed E-state index contributed by atoms with van der Waals surface area (Å²) >= 11 is 0. The highest BCUT2D eigenvalue weighted by Crippen LogP contribution is 2.03. The maximum atomic E-state index is 11.9. The fourth-order valence-corrected chi connectivity index (χ4v) is 1.95. The van der Waals surface area contributed by atoms with Crippen LogP contribution in [0.25, 0.3) is 0 Å². The van der Waals surface area contributed by atoms with Crippen molar-refractivity contribution in [2.24, 2.45) is 5.92 Å². The van der Waals surface area contributed by atoms with E-state index in [2.05, 4.69) is 0 Å². The van der Waals surface area contributed by atoms with Gasteiger partial charge in [-0.05, 0) is 11.5 Å². The van der Waals surface area contributed by atoms with Crippen LogP contribution in [-0.2, 0) is 25.6 Å². The third-order valence-corrected chi connectivity index (χ3v) is 3.18. The fourth-order valence-electron chi connectivity index (χ4n) is 1.95. The van der Waals surface area contributed by atoms with Crippen molar-refractivity contribution in [1.82, 2.24) is 4.90 Å². The summed E-state index contributed by atoms with van der Waals surface area (Å²) in [5.41, 5.74) is 1.08. The van der Waals surface area contributed by atoms with Gasteiger partial charge in [-0.1, -0.05) is 58.0 Å². The van der Waals surface area contributed by atoms with Crippen LogP contribution in [0.1, 0.15) is 46.1 Å². The van der Waals surface area contributed by atoms with E-state index >= 15 is 0 Å². The highest BCUT2D eigenvalue weighted by atomic mass is 16.5. The molecule has 5 nitrogen and oxygen atoms in total. The largest absolute Gasteiger partial charge is 0.466 e. The number of amides is 1. The second-order valence-electron chi connectivity index (χ2n) is 5.96. The number of likely N-dealkylation sites (N-methyl/N-ethyl adjacent to an activating group) is 1. The van der Waals surface area contributed by atoms with Gasteiger partial charge in [0.05, 0.1) is 13.2 Å². The Bertz CT molecular complexity index is 474. The lowest BCUT2D eigenvalue weighted by Crippen LogP contribution is -2.30. The van der Waals surface area contributed by atoms with Gasteiger partial charge in [-0.15, -0.1) is 0 Å². The van der Waals surface area contributed by atoms with Crippen molar-refractivity contribution in [2.45, 2.75) is 47.1 Å². The average Bonchev–Trinajstić information content (AvgIpc) is 2.59. The quantitative estimate of drug-likeness (QED) is 0.477. The van der Waals surface area contributed by atoms with Crippen LogP contribution < -0.4 is 0 Å². The Labute approximate surface area is 152 Å². The second-order valence-corrected chi connectivity index (χ2v) is 5.96. The van der Waals surface area contributed by atoms with Crippen LogP contribution in [0.2, 0.25) is 0 Å². The van der Waals surface area contributed by atoms with Gasteiger partial charge in [0, 0.05) is 26.4 Å². The van der Waals surface area contributed by atoms with Crippen LogP contribution in [0.5, 0.6) is 0 Å². The molecule has 5 heteroatoms. The number of ether oxygens (including phenoxy) is 2. The molecule has 0 aliphatic rings. The molecule has 0 saturated carbocycles. The lowest BCUT2D eigenvalue weighted by molar-refractivity contribution is -0.145. The van der Waals surface area contributed by atoms with Crippen LogP contribution in [0.4, 0.5) is 0 Å². The maximum Gasteiger partial charge on any atom is 0.306 e. The number of esters is 1. The van der Waals surface area contributed by atoms with E-state index in [-0.39, 0.29) is 18.5 Å². The smallest absolute Gasteiger partial charge is 0.306 e. The molecule has 0 saturated heterocycles. The van der Waals surface area contributed by atoms with Crippen molar-refractivity contribution in [3.63, 3.8) is 0 Å². The Morgan fingerprint density at radius 3 is 2.32 bits per heavy atom. The number of rotatable bonds is 10. The van der Waals surface area contributed by atoms with Gasteiger partial charge in [-0.25, -0.2) is 0 Å². The molecule has 0 aliphatic heterocycles. The first-order chi connectivity index (χ1) is 12.0. The molecule has 1 rings (SSSR count). The monoisotopic (exact) mass is 351 g/mol. The standard InChI is InChI=1S/C18H27NO4.C2H6/c1-15(2)12-18(21)23-11-7-10-22-14-17(20)19(3)13-16-8-5-4-6-9-16;1-2/h4-6,8-9,15H,7,10-14H2,1-3H3;1-2H3. The normalized spacial score (nSPS) is 10.0. The molecule has 1 aromatic rings. The molecule has 25 heavy (non-hydrogen) atoms. The lowest BCUT2D eigenvalue weighted by Gasteiger charge is -2.17. The third-order valence-electron chi connectivity index (χ3n) is 3.18. The third kappa shape index (κ3) is 12.2. The zero-order chi connectivity index (χ0) is 19.1. The molecule has 0 radical (unpaired) electrons. The molecule has 0 N–H and O–H groups in total. The highest BCUT2D eigenvalue weighted by molar-refractivity contribution is 5.77. The number of nitrogens with zero attached hydrogens (tertiary/aromatic N) is 1. The Hall–Kier alpha value is -1.88. The van der Waals surface area contributed by atoms with Gasteiger partial charge in [0.15, 0.2) is 0 Å². The van der Waals surface area contributed by atoms with E-state index in [0.29, 0.717) is 38.5 Å². The van der Waals surface area contributed by atoms with Crippen LogP contribution in [0.15, 0.2) is 30.3 Å². The summed E-state index contributed by atoms with van der Waals surface area (Å²) in [5, 5.41) is 0. The summed E-state index contributed by atoms with van der Waals surface area (Å²) in [6.45, 7) is 9.29. The minimum atomic E-state index is -0.182. The van der Waals surface area contributed by atoms with E-state index in [1.807, 2.05) is 58.0 Å². The molecule has 1 aromatic carbocycles.